The Bertz CT molecular complexity index is 552. The van der Waals surface area contributed by atoms with E-state index in [0.29, 0.717) is 26.2 Å². The number of aryl methyl sites for hydroxylation is 1. The lowest BCUT2D eigenvalue weighted by molar-refractivity contribution is -0.137. The number of carbonyl (C=O) groups excluding carboxylic acids is 2. The first kappa shape index (κ1) is 16.1. The molecular formula is C16H23N3O3. The van der Waals surface area contributed by atoms with Crippen molar-refractivity contribution >= 4 is 17.5 Å². The number of piperazine rings is 1. The van der Waals surface area contributed by atoms with Crippen molar-refractivity contribution in [3.05, 3.63) is 23.8 Å². The number of anilines is 1. The lowest BCUT2D eigenvalue weighted by Crippen LogP contribution is -2.51. The summed E-state index contributed by atoms with van der Waals surface area (Å²) in [4.78, 5) is 27.1. The summed E-state index contributed by atoms with van der Waals surface area (Å²) < 4.78 is 5.29. The molecule has 0 aliphatic carbocycles. The number of nitrogens with zero attached hydrogens (tertiary/aromatic N) is 2. The smallest absolute Gasteiger partial charge is 0.241 e. The number of nitrogens with one attached hydrogen (secondary N) is 1. The first-order valence-corrected chi connectivity index (χ1v) is 7.43. The summed E-state index contributed by atoms with van der Waals surface area (Å²) >= 11 is 0. The summed E-state index contributed by atoms with van der Waals surface area (Å²) in [7, 11) is 1.61. The summed E-state index contributed by atoms with van der Waals surface area (Å²) in [5.41, 5.74) is 1.92. The zero-order valence-electron chi connectivity index (χ0n) is 13.4. The van der Waals surface area contributed by atoms with Gasteiger partial charge in [0.2, 0.25) is 11.8 Å². The molecule has 1 fully saturated rings. The molecule has 0 unspecified atom stereocenters. The summed E-state index contributed by atoms with van der Waals surface area (Å²) in [5.74, 6) is 0.821. The Hall–Kier alpha value is -2.24. The predicted molar refractivity (Wildman–Crippen MR) is 85.1 cm³/mol. The van der Waals surface area contributed by atoms with Crippen molar-refractivity contribution in [3.63, 3.8) is 0 Å². The molecule has 1 aliphatic heterocycles. The van der Waals surface area contributed by atoms with Gasteiger partial charge in [0, 0.05) is 33.1 Å². The van der Waals surface area contributed by atoms with Gasteiger partial charge in [-0.2, -0.15) is 0 Å². The molecule has 0 aromatic heterocycles. The van der Waals surface area contributed by atoms with Gasteiger partial charge in [-0.3, -0.25) is 9.59 Å². The second kappa shape index (κ2) is 7.15. The normalized spacial score (nSPS) is 14.7. The van der Waals surface area contributed by atoms with E-state index in [1.807, 2.05) is 25.1 Å². The third-order valence-electron chi connectivity index (χ3n) is 3.86. The molecule has 1 aromatic carbocycles. The molecule has 2 rings (SSSR count). The van der Waals surface area contributed by atoms with Gasteiger partial charge in [-0.25, -0.2) is 0 Å². The fourth-order valence-corrected chi connectivity index (χ4v) is 2.51. The summed E-state index contributed by atoms with van der Waals surface area (Å²) in [6, 6.07) is 5.81. The largest absolute Gasteiger partial charge is 0.495 e. The second-order valence-corrected chi connectivity index (χ2v) is 5.44. The molecule has 0 bridgehead atoms. The molecule has 1 saturated heterocycles. The first-order chi connectivity index (χ1) is 10.5. The van der Waals surface area contributed by atoms with E-state index >= 15 is 0 Å². The van der Waals surface area contributed by atoms with Crippen LogP contribution in [0.5, 0.6) is 5.75 Å². The number of ether oxygens (including phenoxy) is 1. The van der Waals surface area contributed by atoms with E-state index in [-0.39, 0.29) is 18.4 Å². The lowest BCUT2D eigenvalue weighted by atomic mass is 10.2. The fourth-order valence-electron chi connectivity index (χ4n) is 2.51. The van der Waals surface area contributed by atoms with Crippen molar-refractivity contribution < 1.29 is 14.3 Å². The van der Waals surface area contributed by atoms with Crippen LogP contribution in [-0.2, 0) is 9.59 Å². The van der Waals surface area contributed by atoms with Crippen LogP contribution >= 0.6 is 0 Å². The van der Waals surface area contributed by atoms with Crippen molar-refractivity contribution in [2.75, 3.05) is 45.2 Å². The number of benzene rings is 1. The predicted octanol–water partition coefficient (Wildman–Crippen LogP) is 1.11. The minimum atomic E-state index is 0.0340. The van der Waals surface area contributed by atoms with Crippen LogP contribution in [0.3, 0.4) is 0 Å². The Morgan fingerprint density at radius 2 is 1.82 bits per heavy atom. The number of amides is 2. The zero-order chi connectivity index (χ0) is 16.1. The molecule has 2 amide bonds. The van der Waals surface area contributed by atoms with Crippen LogP contribution in [0.25, 0.3) is 0 Å². The van der Waals surface area contributed by atoms with E-state index in [2.05, 4.69) is 5.32 Å². The van der Waals surface area contributed by atoms with Gasteiger partial charge in [-0.15, -0.1) is 0 Å². The van der Waals surface area contributed by atoms with E-state index in [1.165, 1.54) is 0 Å². The molecular weight excluding hydrogens is 282 g/mol. The van der Waals surface area contributed by atoms with Crippen LogP contribution < -0.4 is 10.1 Å². The van der Waals surface area contributed by atoms with Crippen molar-refractivity contribution in [2.24, 2.45) is 0 Å². The van der Waals surface area contributed by atoms with E-state index in [4.69, 9.17) is 4.74 Å². The fraction of sp³-hybridized carbons (Fsp3) is 0.500. The maximum Gasteiger partial charge on any atom is 0.241 e. The second-order valence-electron chi connectivity index (χ2n) is 5.44. The first-order valence-electron chi connectivity index (χ1n) is 7.43. The van der Waals surface area contributed by atoms with E-state index in [0.717, 1.165) is 17.0 Å². The number of hydrogen-bond donors (Lipinski definition) is 1. The Morgan fingerprint density at radius 1 is 1.18 bits per heavy atom. The Kier molecular flexibility index (Phi) is 5.25. The standard InChI is InChI=1S/C16H23N3O3/c1-12-4-5-15(22-3)14(10-12)17-11-16(21)19-8-6-18(7-9-19)13(2)20/h4-5,10,17H,6-9,11H2,1-3H3. The molecule has 0 saturated carbocycles. The number of methoxy groups -OCH3 is 1. The van der Waals surface area contributed by atoms with Gasteiger partial charge >= 0.3 is 0 Å². The highest BCUT2D eigenvalue weighted by Gasteiger charge is 2.22. The third kappa shape index (κ3) is 3.90. The molecule has 0 radical (unpaired) electrons. The van der Waals surface area contributed by atoms with Gasteiger partial charge in [0.25, 0.3) is 0 Å². The maximum atomic E-state index is 12.3. The molecule has 1 aromatic rings. The molecule has 0 atom stereocenters. The Labute approximate surface area is 131 Å². The molecule has 1 aliphatic rings. The van der Waals surface area contributed by atoms with Crippen LogP contribution in [0.1, 0.15) is 12.5 Å². The summed E-state index contributed by atoms with van der Waals surface area (Å²) in [6.45, 7) is 6.16. The number of carbonyl (C=O) groups is 2. The summed E-state index contributed by atoms with van der Waals surface area (Å²) in [5, 5.41) is 3.14. The number of hydrogen-bond acceptors (Lipinski definition) is 4. The van der Waals surface area contributed by atoms with Crippen LogP contribution in [0, 0.1) is 6.92 Å². The minimum absolute atomic E-state index is 0.0340. The molecule has 0 spiro atoms. The van der Waals surface area contributed by atoms with Crippen LogP contribution in [0.4, 0.5) is 5.69 Å². The topological polar surface area (TPSA) is 61.9 Å². The Balaban J connectivity index is 1.88. The average Bonchev–Trinajstić information content (AvgIpc) is 2.52. The molecule has 22 heavy (non-hydrogen) atoms. The van der Waals surface area contributed by atoms with Gasteiger partial charge in [-0.05, 0) is 24.6 Å². The van der Waals surface area contributed by atoms with Gasteiger partial charge in [-0.1, -0.05) is 6.07 Å². The number of rotatable bonds is 4. The van der Waals surface area contributed by atoms with E-state index in [9.17, 15) is 9.59 Å². The summed E-state index contributed by atoms with van der Waals surface area (Å²) in [6.07, 6.45) is 0. The van der Waals surface area contributed by atoms with E-state index in [1.54, 1.807) is 23.8 Å². The van der Waals surface area contributed by atoms with E-state index < -0.39 is 0 Å². The minimum Gasteiger partial charge on any atom is -0.495 e. The zero-order valence-corrected chi connectivity index (χ0v) is 13.4. The highest BCUT2D eigenvalue weighted by Crippen LogP contribution is 2.24. The quantitative estimate of drug-likeness (QED) is 0.905. The molecule has 1 N–H and O–H groups in total. The molecule has 1 heterocycles. The van der Waals surface area contributed by atoms with Crippen molar-refractivity contribution in [2.45, 2.75) is 13.8 Å². The van der Waals surface area contributed by atoms with Gasteiger partial charge in [0.1, 0.15) is 5.75 Å². The SMILES string of the molecule is COc1ccc(C)cc1NCC(=O)N1CCN(C(C)=O)CC1. The van der Waals surface area contributed by atoms with Crippen LogP contribution in [-0.4, -0.2) is 61.4 Å². The monoisotopic (exact) mass is 305 g/mol. The molecule has 6 heteroatoms. The van der Waals surface area contributed by atoms with Crippen LogP contribution in [0.15, 0.2) is 18.2 Å². The van der Waals surface area contributed by atoms with Gasteiger partial charge in [0.05, 0.1) is 19.3 Å². The average molecular weight is 305 g/mol. The highest BCUT2D eigenvalue weighted by molar-refractivity contribution is 5.82. The van der Waals surface area contributed by atoms with Gasteiger partial charge < -0.3 is 19.9 Å². The Morgan fingerprint density at radius 3 is 2.41 bits per heavy atom. The molecule has 120 valence electrons. The molecule has 6 nitrogen and oxygen atoms in total. The van der Waals surface area contributed by atoms with Crippen LogP contribution in [0.2, 0.25) is 0 Å². The third-order valence-corrected chi connectivity index (χ3v) is 3.86. The lowest BCUT2D eigenvalue weighted by Gasteiger charge is -2.34. The van der Waals surface area contributed by atoms with Crippen molar-refractivity contribution in [3.8, 4) is 5.75 Å². The van der Waals surface area contributed by atoms with Crippen molar-refractivity contribution in [1.29, 1.82) is 0 Å². The maximum absolute atomic E-state index is 12.3. The van der Waals surface area contributed by atoms with Crippen molar-refractivity contribution in [1.82, 2.24) is 9.80 Å². The highest BCUT2D eigenvalue weighted by atomic mass is 16.5. The van der Waals surface area contributed by atoms with Gasteiger partial charge in [0.15, 0.2) is 0 Å².